The molecule has 0 aliphatic heterocycles. The Bertz CT molecular complexity index is 894. The van der Waals surface area contributed by atoms with Gasteiger partial charge in [0.05, 0.1) is 9.77 Å². The summed E-state index contributed by atoms with van der Waals surface area (Å²) in [6.45, 7) is 0. The average molecular weight is 411 g/mol. The Kier molecular flexibility index (Phi) is 5.95. The Morgan fingerprint density at radius 2 is 1.73 bits per heavy atom. The molecule has 2 aromatic carbocycles. The number of carbonyl (C=O) groups excluding carboxylic acids is 1. The monoisotopic (exact) mass is 411 g/mol. The minimum atomic E-state index is -4.47. The van der Waals surface area contributed by atoms with Gasteiger partial charge in [-0.3, -0.25) is 9.52 Å². The fourth-order valence-corrected chi connectivity index (χ4v) is 4.71. The molecule has 1 aromatic heterocycles. The summed E-state index contributed by atoms with van der Waals surface area (Å²) < 4.78 is 41.6. The molecule has 0 bridgehead atoms. The Balaban J connectivity index is 1.60. The minimum Gasteiger partial charge on any atom is -0.291 e. The number of nitrogens with one attached hydrogen (secondary N) is 1. The van der Waals surface area contributed by atoms with Crippen LogP contribution in [0.5, 0.6) is 0 Å². The lowest BCUT2D eigenvalue weighted by atomic mass is 10.1. The molecule has 0 saturated heterocycles. The maximum Gasteiger partial charge on any atom is 0.416 e. The van der Waals surface area contributed by atoms with Gasteiger partial charge in [0.2, 0.25) is 0 Å². The van der Waals surface area contributed by atoms with Gasteiger partial charge in [0.1, 0.15) is 0 Å². The summed E-state index contributed by atoms with van der Waals surface area (Å²) in [6, 6.07) is 16.2. The molecule has 2 nitrogen and oxygen atoms in total. The van der Waals surface area contributed by atoms with Gasteiger partial charge in [-0.25, -0.2) is 0 Å². The maximum absolute atomic E-state index is 12.7. The van der Waals surface area contributed by atoms with Crippen molar-refractivity contribution in [3.8, 4) is 0 Å². The van der Waals surface area contributed by atoms with Crippen LogP contribution in [0, 0.1) is 0 Å². The van der Waals surface area contributed by atoms with Crippen LogP contribution in [-0.2, 0) is 6.18 Å². The molecule has 0 aliphatic rings. The third-order valence-electron chi connectivity index (χ3n) is 3.23. The smallest absolute Gasteiger partial charge is 0.291 e. The molecule has 8 heteroatoms. The number of hydrogen-bond acceptors (Lipinski definition) is 4. The Labute approximate surface area is 161 Å². The fourth-order valence-electron chi connectivity index (χ4n) is 2.02. The van der Waals surface area contributed by atoms with Gasteiger partial charge in [0.25, 0.3) is 5.91 Å². The molecule has 0 aliphatic carbocycles. The van der Waals surface area contributed by atoms with E-state index in [1.165, 1.54) is 23.5 Å². The van der Waals surface area contributed by atoms with Gasteiger partial charge < -0.3 is 0 Å². The lowest BCUT2D eigenvalue weighted by Gasteiger charge is -2.08. The van der Waals surface area contributed by atoms with E-state index in [1.54, 1.807) is 11.8 Å². The Morgan fingerprint density at radius 3 is 2.46 bits per heavy atom. The van der Waals surface area contributed by atoms with Crippen molar-refractivity contribution in [2.45, 2.75) is 20.2 Å². The van der Waals surface area contributed by atoms with Gasteiger partial charge in [0, 0.05) is 20.7 Å². The first-order valence-electron chi connectivity index (χ1n) is 7.38. The molecule has 1 N–H and O–H groups in total. The van der Waals surface area contributed by atoms with Crippen molar-refractivity contribution in [1.82, 2.24) is 4.72 Å². The average Bonchev–Trinajstić information content (AvgIpc) is 3.07. The van der Waals surface area contributed by atoms with Crippen LogP contribution < -0.4 is 4.72 Å². The highest BCUT2D eigenvalue weighted by molar-refractivity contribution is 8.00. The van der Waals surface area contributed by atoms with E-state index in [4.69, 9.17) is 0 Å². The van der Waals surface area contributed by atoms with Crippen molar-refractivity contribution < 1.29 is 18.0 Å². The summed E-state index contributed by atoms with van der Waals surface area (Å²) in [7, 11) is 0. The van der Waals surface area contributed by atoms with Gasteiger partial charge in [0.15, 0.2) is 0 Å². The first-order valence-corrected chi connectivity index (χ1v) is 9.89. The van der Waals surface area contributed by atoms with Gasteiger partial charge in [-0.05, 0) is 48.3 Å². The molecule has 0 saturated carbocycles. The number of thiophene rings is 1. The Morgan fingerprint density at radius 1 is 0.962 bits per heavy atom. The zero-order valence-electron chi connectivity index (χ0n) is 13.1. The number of amides is 1. The molecule has 134 valence electrons. The largest absolute Gasteiger partial charge is 0.416 e. The molecule has 0 spiro atoms. The molecule has 26 heavy (non-hydrogen) atoms. The summed E-state index contributed by atoms with van der Waals surface area (Å²) in [5, 5.41) is 1.97. The van der Waals surface area contributed by atoms with E-state index in [9.17, 15) is 18.0 Å². The Hall–Kier alpha value is -1.90. The van der Waals surface area contributed by atoms with Crippen molar-refractivity contribution in [2.75, 3.05) is 0 Å². The lowest BCUT2D eigenvalue weighted by Crippen LogP contribution is -2.16. The zero-order chi connectivity index (χ0) is 18.6. The fraction of sp³-hybridized carbons (Fsp3) is 0.0556. The second kappa shape index (κ2) is 8.20. The van der Waals surface area contributed by atoms with Crippen LogP contribution in [-0.4, -0.2) is 5.91 Å². The van der Waals surface area contributed by atoms with Crippen LogP contribution in [0.1, 0.15) is 15.9 Å². The minimum absolute atomic E-state index is 0.0252. The third kappa shape index (κ3) is 5.06. The molecule has 0 fully saturated rings. The summed E-state index contributed by atoms with van der Waals surface area (Å²) in [6.07, 6.45) is -4.47. The standard InChI is InChI=1S/C18H12F3NOS3/c19-18(20,21)13-6-4-5-12(9-13)17(23)22-26-16-10-15(11-24-16)25-14-7-2-1-3-8-14/h1-11H,(H,22,23). The summed E-state index contributed by atoms with van der Waals surface area (Å²) >= 11 is 4.16. The number of halogens is 3. The molecule has 1 amide bonds. The SMILES string of the molecule is O=C(NSc1cc(Sc2ccccc2)cs1)c1cccc(C(F)(F)F)c1. The van der Waals surface area contributed by atoms with E-state index in [2.05, 4.69) is 4.72 Å². The summed E-state index contributed by atoms with van der Waals surface area (Å²) in [5.41, 5.74) is -0.865. The third-order valence-corrected chi connectivity index (χ3v) is 6.22. The quantitative estimate of drug-likeness (QED) is 0.496. The van der Waals surface area contributed by atoms with Crippen LogP contribution in [0.3, 0.4) is 0 Å². The van der Waals surface area contributed by atoms with E-state index in [1.807, 2.05) is 41.8 Å². The molecule has 0 unspecified atom stereocenters. The van der Waals surface area contributed by atoms with Crippen LogP contribution in [0.4, 0.5) is 13.2 Å². The van der Waals surface area contributed by atoms with Crippen LogP contribution in [0.25, 0.3) is 0 Å². The highest BCUT2D eigenvalue weighted by Gasteiger charge is 2.30. The number of carbonyl (C=O) groups is 1. The van der Waals surface area contributed by atoms with E-state index in [0.717, 1.165) is 38.1 Å². The second-order valence-electron chi connectivity index (χ2n) is 5.13. The van der Waals surface area contributed by atoms with Crippen molar-refractivity contribution in [3.05, 3.63) is 77.2 Å². The predicted octanol–water partition coefficient (Wildman–Crippen LogP) is 6.36. The van der Waals surface area contributed by atoms with Crippen molar-refractivity contribution >= 4 is 41.0 Å². The molecule has 0 atom stereocenters. The van der Waals surface area contributed by atoms with Crippen LogP contribution in [0.15, 0.2) is 80.0 Å². The highest BCUT2D eigenvalue weighted by atomic mass is 32.2. The molecule has 3 aromatic rings. The van der Waals surface area contributed by atoms with E-state index in [-0.39, 0.29) is 5.56 Å². The van der Waals surface area contributed by atoms with Gasteiger partial charge in [-0.1, -0.05) is 36.0 Å². The number of alkyl halides is 3. The molecular formula is C18H12F3NOS3. The first kappa shape index (κ1) is 18.9. The van der Waals surface area contributed by atoms with Crippen LogP contribution in [0.2, 0.25) is 0 Å². The van der Waals surface area contributed by atoms with Crippen LogP contribution >= 0.6 is 35.0 Å². The van der Waals surface area contributed by atoms with Gasteiger partial charge in [-0.2, -0.15) is 13.2 Å². The van der Waals surface area contributed by atoms with Gasteiger partial charge >= 0.3 is 6.18 Å². The van der Waals surface area contributed by atoms with E-state index in [0.29, 0.717) is 0 Å². The number of hydrogen-bond donors (Lipinski definition) is 1. The maximum atomic E-state index is 12.7. The lowest BCUT2D eigenvalue weighted by molar-refractivity contribution is -0.137. The molecule has 3 rings (SSSR count). The number of rotatable bonds is 5. The zero-order valence-corrected chi connectivity index (χ0v) is 15.6. The molecule has 0 radical (unpaired) electrons. The summed E-state index contributed by atoms with van der Waals surface area (Å²) in [5.74, 6) is -0.563. The van der Waals surface area contributed by atoms with E-state index >= 15 is 0 Å². The first-order chi connectivity index (χ1) is 12.4. The molecule has 1 heterocycles. The van der Waals surface area contributed by atoms with Crippen molar-refractivity contribution in [3.63, 3.8) is 0 Å². The van der Waals surface area contributed by atoms with Crippen molar-refractivity contribution in [2.24, 2.45) is 0 Å². The number of benzene rings is 2. The normalized spacial score (nSPS) is 11.3. The topological polar surface area (TPSA) is 29.1 Å². The predicted molar refractivity (Wildman–Crippen MR) is 99.7 cm³/mol. The summed E-state index contributed by atoms with van der Waals surface area (Å²) in [4.78, 5) is 14.2. The van der Waals surface area contributed by atoms with E-state index < -0.39 is 17.6 Å². The van der Waals surface area contributed by atoms with Crippen molar-refractivity contribution in [1.29, 1.82) is 0 Å². The second-order valence-corrected chi connectivity index (χ2v) is 8.29. The highest BCUT2D eigenvalue weighted by Crippen LogP contribution is 2.34. The van der Waals surface area contributed by atoms with Gasteiger partial charge in [-0.15, -0.1) is 11.3 Å². The molecular weight excluding hydrogens is 399 g/mol.